The summed E-state index contributed by atoms with van der Waals surface area (Å²) in [6.45, 7) is 4.26. The van der Waals surface area contributed by atoms with Gasteiger partial charge in [-0.2, -0.15) is 0 Å². The van der Waals surface area contributed by atoms with Gasteiger partial charge < -0.3 is 0 Å². The second kappa shape index (κ2) is 9.50. The third-order valence-corrected chi connectivity index (χ3v) is 5.40. The van der Waals surface area contributed by atoms with Crippen LogP contribution in [0.1, 0.15) is 78.5 Å². The van der Waals surface area contributed by atoms with Crippen molar-refractivity contribution in [2.75, 3.05) is 6.54 Å². The number of rotatable bonds is 11. The molecule has 0 bridgehead atoms. The topological polar surface area (TPSA) is 37.4 Å². The van der Waals surface area contributed by atoms with Crippen molar-refractivity contribution in [3.05, 3.63) is 60.2 Å². The molecule has 0 spiro atoms. The van der Waals surface area contributed by atoms with Crippen molar-refractivity contribution in [1.82, 2.24) is 4.90 Å². The molecule has 3 heteroatoms. The lowest BCUT2D eigenvalue weighted by molar-refractivity contribution is 0.0607. The number of benzene rings is 2. The average molecular weight is 364 g/mol. The molecule has 0 radical (unpaired) electrons. The van der Waals surface area contributed by atoms with Crippen molar-refractivity contribution in [1.29, 1.82) is 0 Å². The summed E-state index contributed by atoms with van der Waals surface area (Å²) in [7, 11) is 0. The van der Waals surface area contributed by atoms with E-state index in [1.165, 1.54) is 43.4 Å². The zero-order chi connectivity index (χ0) is 19.1. The third kappa shape index (κ3) is 4.47. The number of amides is 2. The molecule has 27 heavy (non-hydrogen) atoms. The maximum atomic E-state index is 12.8. The highest BCUT2D eigenvalue weighted by Gasteiger charge is 2.31. The van der Waals surface area contributed by atoms with Gasteiger partial charge in [-0.3, -0.25) is 14.5 Å². The minimum Gasteiger partial charge on any atom is -0.274 e. The van der Waals surface area contributed by atoms with Crippen LogP contribution in [0, 0.1) is 0 Å². The van der Waals surface area contributed by atoms with Gasteiger partial charge in [-0.25, -0.2) is 0 Å². The Kier molecular flexibility index (Phi) is 6.80. The van der Waals surface area contributed by atoms with Crippen molar-refractivity contribution in [3.8, 4) is 0 Å². The zero-order valence-corrected chi connectivity index (χ0v) is 16.1. The van der Waals surface area contributed by atoms with Gasteiger partial charge in [0, 0.05) is 23.1 Å². The first-order chi connectivity index (χ1) is 13.2. The number of hydrogen-bond acceptors (Lipinski definition) is 2. The number of hydrogen-bond donors (Lipinski definition) is 0. The summed E-state index contributed by atoms with van der Waals surface area (Å²) in [6, 6.07) is 11.4. The Balaban J connectivity index is 1.47. The van der Waals surface area contributed by atoms with Crippen molar-refractivity contribution < 1.29 is 9.59 Å². The SMILES string of the molecule is C=CCCCCCCCCCCN1C(=O)c2cccc3cccc(c23)C1=O. The number of unbranched alkanes of at least 4 members (excludes halogenated alkanes) is 8. The summed E-state index contributed by atoms with van der Waals surface area (Å²) in [5.74, 6) is -0.293. The molecule has 2 aromatic rings. The summed E-state index contributed by atoms with van der Waals surface area (Å²) < 4.78 is 0. The van der Waals surface area contributed by atoms with E-state index in [1.807, 2.05) is 42.5 Å². The fourth-order valence-corrected chi connectivity index (χ4v) is 3.90. The standard InChI is InChI=1S/C24H29NO2/c1-2-3-4-5-6-7-8-9-10-11-18-25-23(26)20-16-12-14-19-15-13-17-21(22(19)20)24(25)27/h2,12-17H,1,3-11,18H2. The fraction of sp³-hybridized carbons (Fsp3) is 0.417. The molecule has 142 valence electrons. The molecule has 3 nitrogen and oxygen atoms in total. The van der Waals surface area contributed by atoms with Crippen molar-refractivity contribution >= 4 is 22.6 Å². The van der Waals surface area contributed by atoms with Crippen LogP contribution in [-0.2, 0) is 0 Å². The van der Waals surface area contributed by atoms with Crippen LogP contribution in [0.5, 0.6) is 0 Å². The van der Waals surface area contributed by atoms with E-state index in [4.69, 9.17) is 0 Å². The van der Waals surface area contributed by atoms with E-state index in [0.717, 1.165) is 30.0 Å². The molecule has 3 rings (SSSR count). The Morgan fingerprint density at radius 3 is 1.81 bits per heavy atom. The zero-order valence-electron chi connectivity index (χ0n) is 16.1. The summed E-state index contributed by atoms with van der Waals surface area (Å²) >= 11 is 0. The van der Waals surface area contributed by atoms with Crippen LogP contribution >= 0.6 is 0 Å². The monoisotopic (exact) mass is 363 g/mol. The molecule has 0 unspecified atom stereocenters. The van der Waals surface area contributed by atoms with Crippen LogP contribution in [0.3, 0.4) is 0 Å². The summed E-state index contributed by atoms with van der Waals surface area (Å²) in [4.78, 5) is 27.0. The van der Waals surface area contributed by atoms with Gasteiger partial charge in [0.2, 0.25) is 0 Å². The van der Waals surface area contributed by atoms with Gasteiger partial charge >= 0.3 is 0 Å². The van der Waals surface area contributed by atoms with Crippen LogP contribution in [0.25, 0.3) is 10.8 Å². The third-order valence-electron chi connectivity index (χ3n) is 5.40. The first-order valence-electron chi connectivity index (χ1n) is 10.2. The predicted molar refractivity (Wildman–Crippen MR) is 111 cm³/mol. The Morgan fingerprint density at radius 2 is 1.26 bits per heavy atom. The number of imide groups is 1. The molecule has 0 N–H and O–H groups in total. The Bertz CT molecular complexity index is 773. The highest BCUT2D eigenvalue weighted by molar-refractivity contribution is 6.25. The average Bonchev–Trinajstić information content (AvgIpc) is 2.69. The molecule has 0 saturated heterocycles. The number of carbonyl (C=O) groups is 2. The van der Waals surface area contributed by atoms with Gasteiger partial charge in [0.1, 0.15) is 0 Å². The van der Waals surface area contributed by atoms with E-state index in [2.05, 4.69) is 6.58 Å². The van der Waals surface area contributed by atoms with Crippen LogP contribution in [-0.4, -0.2) is 23.3 Å². The lowest BCUT2D eigenvalue weighted by Gasteiger charge is -2.27. The maximum absolute atomic E-state index is 12.8. The van der Waals surface area contributed by atoms with Crippen LogP contribution < -0.4 is 0 Å². The molecule has 1 aliphatic heterocycles. The second-order valence-electron chi connectivity index (χ2n) is 7.38. The van der Waals surface area contributed by atoms with Crippen molar-refractivity contribution in [3.63, 3.8) is 0 Å². The molecular formula is C24H29NO2. The Morgan fingerprint density at radius 1 is 0.741 bits per heavy atom. The lowest BCUT2D eigenvalue weighted by atomic mass is 9.94. The van der Waals surface area contributed by atoms with Gasteiger partial charge in [-0.1, -0.05) is 68.9 Å². The van der Waals surface area contributed by atoms with Gasteiger partial charge in [0.15, 0.2) is 0 Å². The minimum atomic E-state index is -0.147. The Hall–Kier alpha value is -2.42. The van der Waals surface area contributed by atoms with E-state index in [9.17, 15) is 9.59 Å². The first-order valence-corrected chi connectivity index (χ1v) is 10.2. The molecular weight excluding hydrogens is 334 g/mol. The van der Waals surface area contributed by atoms with Gasteiger partial charge in [0.05, 0.1) is 0 Å². The summed E-state index contributed by atoms with van der Waals surface area (Å²) in [6.07, 6.45) is 12.6. The smallest absolute Gasteiger partial charge is 0.261 e. The van der Waals surface area contributed by atoms with Gasteiger partial charge in [-0.05, 0) is 36.8 Å². The maximum Gasteiger partial charge on any atom is 0.261 e. The fourth-order valence-electron chi connectivity index (χ4n) is 3.90. The van der Waals surface area contributed by atoms with E-state index < -0.39 is 0 Å². The molecule has 1 heterocycles. The number of allylic oxidation sites excluding steroid dienone is 1. The quantitative estimate of drug-likeness (QED) is 0.273. The lowest BCUT2D eigenvalue weighted by Crippen LogP contribution is -2.40. The largest absolute Gasteiger partial charge is 0.274 e. The van der Waals surface area contributed by atoms with Crippen LogP contribution in [0.4, 0.5) is 0 Å². The molecule has 2 amide bonds. The van der Waals surface area contributed by atoms with Crippen molar-refractivity contribution in [2.24, 2.45) is 0 Å². The Labute approximate surface area is 162 Å². The van der Waals surface area contributed by atoms with Crippen molar-refractivity contribution in [2.45, 2.75) is 57.8 Å². The predicted octanol–water partition coefficient (Wildman–Crippen LogP) is 6.13. The normalized spacial score (nSPS) is 13.4. The number of nitrogens with zero attached hydrogens (tertiary/aromatic N) is 1. The molecule has 0 aromatic heterocycles. The molecule has 2 aromatic carbocycles. The first kappa shape index (κ1) is 19.3. The highest BCUT2D eigenvalue weighted by Crippen LogP contribution is 2.30. The molecule has 1 aliphatic rings. The minimum absolute atomic E-state index is 0.147. The summed E-state index contributed by atoms with van der Waals surface area (Å²) in [5, 5.41) is 1.77. The second-order valence-corrected chi connectivity index (χ2v) is 7.38. The van der Waals surface area contributed by atoms with Gasteiger partial charge in [0.25, 0.3) is 11.8 Å². The molecule has 0 saturated carbocycles. The number of carbonyl (C=O) groups excluding carboxylic acids is 2. The highest BCUT2D eigenvalue weighted by atomic mass is 16.2. The van der Waals surface area contributed by atoms with E-state index >= 15 is 0 Å². The molecule has 0 fully saturated rings. The van der Waals surface area contributed by atoms with Crippen LogP contribution in [0.2, 0.25) is 0 Å². The van der Waals surface area contributed by atoms with Gasteiger partial charge in [-0.15, -0.1) is 6.58 Å². The molecule has 0 atom stereocenters. The van der Waals surface area contributed by atoms with E-state index in [-0.39, 0.29) is 11.8 Å². The molecule has 0 aliphatic carbocycles. The summed E-state index contributed by atoms with van der Waals surface area (Å²) in [5.41, 5.74) is 1.31. The van der Waals surface area contributed by atoms with E-state index in [1.54, 1.807) is 0 Å². The van der Waals surface area contributed by atoms with E-state index in [0.29, 0.717) is 17.7 Å². The van der Waals surface area contributed by atoms with Crippen LogP contribution in [0.15, 0.2) is 49.1 Å².